The fraction of sp³-hybridized carbons (Fsp3) is 0.389. The summed E-state index contributed by atoms with van der Waals surface area (Å²) in [6, 6.07) is 14.7. The van der Waals surface area contributed by atoms with Crippen LogP contribution in [0.1, 0.15) is 18.4 Å². The fourth-order valence-electron chi connectivity index (χ4n) is 2.54. The van der Waals surface area contributed by atoms with Gasteiger partial charge in [0, 0.05) is 13.6 Å². The molecule has 2 aromatic carbocycles. The molecule has 3 heteroatoms. The first-order chi connectivity index (χ1) is 10.2. The average molecular weight is 282 g/mol. The van der Waals surface area contributed by atoms with Crippen LogP contribution in [0.5, 0.6) is 0 Å². The SMILES string of the molecule is CN(Cc1ccc2ccccc2c1)C(=O)CNCC1CC1. The Hall–Kier alpha value is -1.87. The predicted octanol–water partition coefficient (Wildman–Crippen LogP) is 2.80. The summed E-state index contributed by atoms with van der Waals surface area (Å²) in [5.74, 6) is 0.965. The van der Waals surface area contributed by atoms with Crippen LogP contribution in [-0.2, 0) is 11.3 Å². The van der Waals surface area contributed by atoms with E-state index in [9.17, 15) is 4.79 Å². The van der Waals surface area contributed by atoms with Gasteiger partial charge < -0.3 is 10.2 Å². The number of benzene rings is 2. The first kappa shape index (κ1) is 14.1. The molecule has 3 nitrogen and oxygen atoms in total. The van der Waals surface area contributed by atoms with Crippen molar-refractivity contribution in [2.24, 2.45) is 5.92 Å². The second kappa shape index (κ2) is 6.27. The molecule has 1 aliphatic carbocycles. The van der Waals surface area contributed by atoms with Gasteiger partial charge in [0.25, 0.3) is 0 Å². The lowest BCUT2D eigenvalue weighted by Gasteiger charge is -2.18. The summed E-state index contributed by atoms with van der Waals surface area (Å²) in [4.78, 5) is 13.9. The molecule has 0 aliphatic heterocycles. The van der Waals surface area contributed by atoms with E-state index < -0.39 is 0 Å². The molecular weight excluding hydrogens is 260 g/mol. The molecule has 1 N–H and O–H groups in total. The van der Waals surface area contributed by atoms with E-state index in [1.54, 1.807) is 4.90 Å². The first-order valence-electron chi connectivity index (χ1n) is 7.65. The largest absolute Gasteiger partial charge is 0.340 e. The number of hydrogen-bond donors (Lipinski definition) is 1. The Morgan fingerprint density at radius 1 is 1.19 bits per heavy atom. The van der Waals surface area contributed by atoms with Crippen LogP contribution < -0.4 is 5.32 Å². The zero-order valence-electron chi connectivity index (χ0n) is 12.5. The topological polar surface area (TPSA) is 32.3 Å². The van der Waals surface area contributed by atoms with Crippen molar-refractivity contribution in [1.29, 1.82) is 0 Å². The molecule has 0 radical (unpaired) electrons. The predicted molar refractivity (Wildman–Crippen MR) is 86.0 cm³/mol. The van der Waals surface area contributed by atoms with Gasteiger partial charge in [0.15, 0.2) is 0 Å². The van der Waals surface area contributed by atoms with Gasteiger partial charge in [-0.25, -0.2) is 0 Å². The van der Waals surface area contributed by atoms with Crippen molar-refractivity contribution in [3.8, 4) is 0 Å². The molecule has 0 saturated heterocycles. The van der Waals surface area contributed by atoms with E-state index in [0.717, 1.165) is 12.5 Å². The quantitative estimate of drug-likeness (QED) is 0.883. The minimum absolute atomic E-state index is 0.156. The van der Waals surface area contributed by atoms with Crippen LogP contribution in [0.25, 0.3) is 10.8 Å². The van der Waals surface area contributed by atoms with Gasteiger partial charge in [-0.15, -0.1) is 0 Å². The normalized spacial score (nSPS) is 14.3. The number of hydrogen-bond acceptors (Lipinski definition) is 2. The fourth-order valence-corrected chi connectivity index (χ4v) is 2.54. The highest BCUT2D eigenvalue weighted by Crippen LogP contribution is 2.27. The number of fused-ring (bicyclic) bond motifs is 1. The van der Waals surface area contributed by atoms with E-state index in [2.05, 4.69) is 35.6 Å². The van der Waals surface area contributed by atoms with Gasteiger partial charge in [-0.3, -0.25) is 4.79 Å². The number of nitrogens with one attached hydrogen (secondary N) is 1. The Labute approximate surface area is 125 Å². The lowest BCUT2D eigenvalue weighted by molar-refractivity contribution is -0.129. The summed E-state index contributed by atoms with van der Waals surface area (Å²) in [5, 5.41) is 5.71. The van der Waals surface area contributed by atoms with Gasteiger partial charge in [-0.05, 0) is 47.7 Å². The van der Waals surface area contributed by atoms with Gasteiger partial charge in [-0.2, -0.15) is 0 Å². The van der Waals surface area contributed by atoms with E-state index in [4.69, 9.17) is 0 Å². The van der Waals surface area contributed by atoms with Crippen LogP contribution >= 0.6 is 0 Å². The van der Waals surface area contributed by atoms with Crippen molar-refractivity contribution in [2.45, 2.75) is 19.4 Å². The van der Waals surface area contributed by atoms with E-state index in [1.807, 2.05) is 19.2 Å². The summed E-state index contributed by atoms with van der Waals surface area (Å²) < 4.78 is 0. The first-order valence-corrected chi connectivity index (χ1v) is 7.65. The maximum Gasteiger partial charge on any atom is 0.236 e. The zero-order valence-corrected chi connectivity index (χ0v) is 12.5. The smallest absolute Gasteiger partial charge is 0.236 e. The van der Waals surface area contributed by atoms with E-state index in [-0.39, 0.29) is 5.91 Å². The third-order valence-corrected chi connectivity index (χ3v) is 4.07. The summed E-state index contributed by atoms with van der Waals surface area (Å²) in [5.41, 5.74) is 1.17. The Bertz CT molecular complexity index is 634. The van der Waals surface area contributed by atoms with E-state index >= 15 is 0 Å². The van der Waals surface area contributed by atoms with E-state index in [0.29, 0.717) is 13.1 Å². The molecule has 0 heterocycles. The third kappa shape index (κ3) is 3.82. The van der Waals surface area contributed by atoms with Gasteiger partial charge in [0.1, 0.15) is 0 Å². The number of carbonyl (C=O) groups is 1. The third-order valence-electron chi connectivity index (χ3n) is 4.07. The molecule has 0 aromatic heterocycles. The molecule has 1 fully saturated rings. The minimum Gasteiger partial charge on any atom is -0.340 e. The van der Waals surface area contributed by atoms with Crippen molar-refractivity contribution in [1.82, 2.24) is 10.2 Å². The number of nitrogens with zero attached hydrogens (tertiary/aromatic N) is 1. The maximum absolute atomic E-state index is 12.1. The van der Waals surface area contributed by atoms with E-state index in [1.165, 1.54) is 29.2 Å². The highest BCUT2D eigenvalue weighted by molar-refractivity contribution is 5.83. The molecule has 1 aliphatic rings. The maximum atomic E-state index is 12.1. The molecule has 0 bridgehead atoms. The van der Waals surface area contributed by atoms with Crippen LogP contribution in [0.3, 0.4) is 0 Å². The summed E-state index contributed by atoms with van der Waals surface area (Å²) >= 11 is 0. The molecule has 0 atom stereocenters. The lowest BCUT2D eigenvalue weighted by Crippen LogP contribution is -2.35. The Morgan fingerprint density at radius 3 is 2.71 bits per heavy atom. The Morgan fingerprint density at radius 2 is 1.95 bits per heavy atom. The van der Waals surface area contributed by atoms with Gasteiger partial charge >= 0.3 is 0 Å². The Balaban J connectivity index is 1.56. The van der Waals surface area contributed by atoms with Crippen molar-refractivity contribution >= 4 is 16.7 Å². The molecule has 3 rings (SSSR count). The van der Waals surface area contributed by atoms with Crippen LogP contribution in [0.4, 0.5) is 0 Å². The molecule has 1 amide bonds. The van der Waals surface area contributed by atoms with Crippen molar-refractivity contribution in [2.75, 3.05) is 20.1 Å². The van der Waals surface area contributed by atoms with Crippen LogP contribution in [0.15, 0.2) is 42.5 Å². The second-order valence-corrected chi connectivity index (χ2v) is 6.01. The standard InChI is InChI=1S/C18H22N2O/c1-20(18(21)12-19-11-14-6-7-14)13-15-8-9-16-4-2-3-5-17(16)10-15/h2-5,8-10,14,19H,6-7,11-13H2,1H3. The summed E-state index contributed by atoms with van der Waals surface area (Å²) in [6.07, 6.45) is 2.63. The second-order valence-electron chi connectivity index (χ2n) is 6.01. The van der Waals surface area contributed by atoms with Crippen molar-refractivity contribution in [3.63, 3.8) is 0 Å². The lowest BCUT2D eigenvalue weighted by atomic mass is 10.1. The van der Waals surface area contributed by atoms with Crippen LogP contribution in [-0.4, -0.2) is 30.9 Å². The van der Waals surface area contributed by atoms with Gasteiger partial charge in [0.2, 0.25) is 5.91 Å². The molecule has 0 spiro atoms. The molecular formula is C18H22N2O. The molecule has 2 aromatic rings. The van der Waals surface area contributed by atoms with Crippen molar-refractivity contribution in [3.05, 3.63) is 48.0 Å². The van der Waals surface area contributed by atoms with Crippen LogP contribution in [0.2, 0.25) is 0 Å². The monoisotopic (exact) mass is 282 g/mol. The molecule has 110 valence electrons. The number of carbonyl (C=O) groups excluding carboxylic acids is 1. The highest BCUT2D eigenvalue weighted by Gasteiger charge is 2.21. The summed E-state index contributed by atoms with van der Waals surface area (Å²) in [7, 11) is 1.87. The summed E-state index contributed by atoms with van der Waals surface area (Å²) in [6.45, 7) is 2.09. The highest BCUT2D eigenvalue weighted by atomic mass is 16.2. The van der Waals surface area contributed by atoms with Gasteiger partial charge in [0.05, 0.1) is 6.54 Å². The van der Waals surface area contributed by atoms with Crippen LogP contribution in [0, 0.1) is 5.92 Å². The van der Waals surface area contributed by atoms with Gasteiger partial charge in [-0.1, -0.05) is 36.4 Å². The number of likely N-dealkylation sites (N-methyl/N-ethyl adjacent to an activating group) is 1. The number of amides is 1. The minimum atomic E-state index is 0.156. The average Bonchev–Trinajstić information content (AvgIpc) is 3.31. The number of rotatable bonds is 6. The van der Waals surface area contributed by atoms with Crippen molar-refractivity contribution < 1.29 is 4.79 Å². The molecule has 1 saturated carbocycles. The zero-order chi connectivity index (χ0) is 14.7. The molecule has 0 unspecified atom stereocenters. The molecule has 21 heavy (non-hydrogen) atoms. The Kier molecular flexibility index (Phi) is 4.20.